The first kappa shape index (κ1) is 31.2. The Hall–Kier alpha value is -5.21. The van der Waals surface area contributed by atoms with Gasteiger partial charge in [-0.05, 0) is 66.3 Å². The number of nitrogens with one attached hydrogen (secondary N) is 2. The minimum Gasteiger partial charge on any atom is -0.478 e. The first-order chi connectivity index (χ1) is 21.6. The first-order valence-electron chi connectivity index (χ1n) is 14.8. The number of benzene rings is 4. The van der Waals surface area contributed by atoms with Gasteiger partial charge in [-0.25, -0.2) is 9.59 Å². The zero-order chi connectivity index (χ0) is 32.0. The maximum Gasteiger partial charge on any atom is 0.407 e. The molecule has 0 saturated heterocycles. The average Bonchev–Trinajstić information content (AvgIpc) is 3.34. The molecule has 1 aliphatic carbocycles. The van der Waals surface area contributed by atoms with Crippen molar-refractivity contribution in [1.29, 1.82) is 0 Å². The Kier molecular flexibility index (Phi) is 9.45. The van der Waals surface area contributed by atoms with Gasteiger partial charge in [0, 0.05) is 11.6 Å². The van der Waals surface area contributed by atoms with Crippen molar-refractivity contribution in [2.24, 2.45) is 0 Å². The molecule has 0 aliphatic heterocycles. The van der Waals surface area contributed by atoms with Crippen LogP contribution in [0.25, 0.3) is 23.3 Å². The molecule has 230 valence electrons. The Morgan fingerprint density at radius 2 is 1.36 bits per heavy atom. The van der Waals surface area contributed by atoms with Gasteiger partial charge in [0.1, 0.15) is 12.6 Å². The number of aromatic carboxylic acids is 1. The molecule has 5 rings (SSSR count). The van der Waals surface area contributed by atoms with Gasteiger partial charge in [0.15, 0.2) is 0 Å². The zero-order valence-electron chi connectivity index (χ0n) is 25.4. The van der Waals surface area contributed by atoms with E-state index >= 15 is 0 Å². The van der Waals surface area contributed by atoms with Crippen LogP contribution >= 0.6 is 0 Å². The number of carboxylic acid groups (broad SMARTS) is 1. The lowest BCUT2D eigenvalue weighted by Gasteiger charge is -2.25. The molecule has 0 aromatic heterocycles. The van der Waals surface area contributed by atoms with E-state index in [1.54, 1.807) is 48.6 Å². The summed E-state index contributed by atoms with van der Waals surface area (Å²) in [7, 11) is 0. The number of carbonyl (C=O) groups is 3. The Morgan fingerprint density at radius 1 is 0.800 bits per heavy atom. The summed E-state index contributed by atoms with van der Waals surface area (Å²) in [5, 5.41) is 15.1. The number of para-hydroxylation sites is 1. The fourth-order valence-electron chi connectivity index (χ4n) is 5.29. The van der Waals surface area contributed by atoms with Gasteiger partial charge in [0.05, 0.1) is 17.8 Å². The number of fused-ring (bicyclic) bond motifs is 3. The van der Waals surface area contributed by atoms with Gasteiger partial charge < -0.3 is 25.2 Å². The fraction of sp³-hybridized carbons (Fsp3) is 0.216. The number of carbonyl (C=O) groups excluding carboxylic acids is 2. The van der Waals surface area contributed by atoms with Crippen LogP contribution in [0.1, 0.15) is 59.3 Å². The van der Waals surface area contributed by atoms with Crippen LogP contribution in [0.2, 0.25) is 0 Å². The summed E-state index contributed by atoms with van der Waals surface area (Å²) >= 11 is 0. The summed E-state index contributed by atoms with van der Waals surface area (Å²) in [6.07, 6.45) is 2.69. The summed E-state index contributed by atoms with van der Waals surface area (Å²) in [4.78, 5) is 38.3. The van der Waals surface area contributed by atoms with Crippen molar-refractivity contribution < 1.29 is 29.0 Å². The van der Waals surface area contributed by atoms with Crippen LogP contribution in [-0.2, 0) is 14.3 Å². The molecule has 0 unspecified atom stereocenters. The van der Waals surface area contributed by atoms with Crippen molar-refractivity contribution in [3.63, 3.8) is 0 Å². The monoisotopic (exact) mass is 604 g/mol. The van der Waals surface area contributed by atoms with Crippen LogP contribution in [0.15, 0.2) is 97.1 Å². The van der Waals surface area contributed by atoms with Gasteiger partial charge in [-0.1, -0.05) is 97.1 Å². The predicted molar refractivity (Wildman–Crippen MR) is 175 cm³/mol. The third kappa shape index (κ3) is 7.66. The van der Waals surface area contributed by atoms with Gasteiger partial charge in [0.2, 0.25) is 5.91 Å². The maximum absolute atomic E-state index is 13.6. The average molecular weight is 605 g/mol. The van der Waals surface area contributed by atoms with Crippen LogP contribution in [0.3, 0.4) is 0 Å². The van der Waals surface area contributed by atoms with E-state index in [2.05, 4.69) is 22.8 Å². The van der Waals surface area contributed by atoms with Gasteiger partial charge >= 0.3 is 12.1 Å². The number of hydrogen-bond donors (Lipinski definition) is 3. The summed E-state index contributed by atoms with van der Waals surface area (Å²) in [6, 6.07) is 28.9. The molecular formula is C37H36N2O6. The second-order valence-electron chi connectivity index (χ2n) is 11.7. The van der Waals surface area contributed by atoms with E-state index in [0.717, 1.165) is 22.3 Å². The summed E-state index contributed by atoms with van der Waals surface area (Å²) in [5.41, 5.74) is 5.71. The molecule has 1 atom stereocenters. The lowest BCUT2D eigenvalue weighted by atomic mass is 9.98. The molecule has 0 saturated carbocycles. The highest BCUT2D eigenvalue weighted by Crippen LogP contribution is 2.44. The third-order valence-corrected chi connectivity index (χ3v) is 7.49. The molecular weight excluding hydrogens is 568 g/mol. The van der Waals surface area contributed by atoms with E-state index in [-0.39, 0.29) is 24.7 Å². The van der Waals surface area contributed by atoms with Crippen molar-refractivity contribution in [3.05, 3.63) is 125 Å². The topological polar surface area (TPSA) is 114 Å². The molecule has 2 amide bonds. The molecule has 4 aromatic rings. The van der Waals surface area contributed by atoms with Crippen molar-refractivity contribution in [3.8, 4) is 11.1 Å². The third-order valence-electron chi connectivity index (χ3n) is 7.49. The minimum absolute atomic E-state index is 0.0798. The predicted octanol–water partition coefficient (Wildman–Crippen LogP) is 7.22. The number of anilines is 1. The first-order valence-corrected chi connectivity index (χ1v) is 14.8. The van der Waals surface area contributed by atoms with Crippen LogP contribution in [0, 0.1) is 0 Å². The fourth-order valence-corrected chi connectivity index (χ4v) is 5.29. The summed E-state index contributed by atoms with van der Waals surface area (Å²) < 4.78 is 11.6. The van der Waals surface area contributed by atoms with E-state index in [1.807, 2.05) is 63.2 Å². The van der Waals surface area contributed by atoms with Crippen LogP contribution < -0.4 is 10.6 Å². The maximum atomic E-state index is 13.6. The minimum atomic E-state index is -1.05. The highest BCUT2D eigenvalue weighted by Gasteiger charge is 2.30. The van der Waals surface area contributed by atoms with E-state index < -0.39 is 29.6 Å². The second-order valence-corrected chi connectivity index (χ2v) is 11.7. The molecule has 0 heterocycles. The smallest absolute Gasteiger partial charge is 0.407 e. The van der Waals surface area contributed by atoms with Gasteiger partial charge in [-0.3, -0.25) is 4.79 Å². The molecule has 0 radical (unpaired) electrons. The molecule has 3 N–H and O–H groups in total. The van der Waals surface area contributed by atoms with E-state index in [9.17, 15) is 19.5 Å². The number of alkyl carbamates (subject to hydrolysis) is 1. The Labute approximate surface area is 262 Å². The van der Waals surface area contributed by atoms with E-state index in [0.29, 0.717) is 16.8 Å². The van der Waals surface area contributed by atoms with Gasteiger partial charge in [-0.15, -0.1) is 0 Å². The molecule has 4 aromatic carbocycles. The van der Waals surface area contributed by atoms with Crippen LogP contribution in [0.5, 0.6) is 0 Å². The van der Waals surface area contributed by atoms with E-state index in [4.69, 9.17) is 9.47 Å². The highest BCUT2D eigenvalue weighted by atomic mass is 16.5. The molecule has 0 fully saturated rings. The number of ether oxygens (including phenoxy) is 2. The number of amides is 2. The van der Waals surface area contributed by atoms with Crippen molar-refractivity contribution >= 4 is 35.8 Å². The Balaban J connectivity index is 1.29. The Morgan fingerprint density at radius 3 is 2.00 bits per heavy atom. The number of carboxylic acids is 1. The molecule has 8 heteroatoms. The normalized spacial score (nSPS) is 13.1. The lowest BCUT2D eigenvalue weighted by molar-refractivity contribution is -0.121. The lowest BCUT2D eigenvalue weighted by Crippen LogP contribution is -2.48. The van der Waals surface area contributed by atoms with Gasteiger partial charge in [-0.2, -0.15) is 0 Å². The van der Waals surface area contributed by atoms with Crippen LogP contribution in [0.4, 0.5) is 10.5 Å². The molecule has 0 spiro atoms. The highest BCUT2D eigenvalue weighted by molar-refractivity contribution is 5.99. The molecule has 45 heavy (non-hydrogen) atoms. The summed E-state index contributed by atoms with van der Waals surface area (Å²) in [5.74, 6) is -1.64. The molecule has 8 nitrogen and oxygen atoms in total. The van der Waals surface area contributed by atoms with Crippen molar-refractivity contribution in [1.82, 2.24) is 5.32 Å². The zero-order valence-corrected chi connectivity index (χ0v) is 25.4. The molecule has 0 bridgehead atoms. The largest absolute Gasteiger partial charge is 0.478 e. The second kappa shape index (κ2) is 13.6. The SMILES string of the molecule is CC(C)(C)OC[C@H](NC(=O)OCC1c2ccccc2-c2ccccc21)C(=O)Nc1ccccc1/C=C\c1ccccc1C(=O)O. The summed E-state index contributed by atoms with van der Waals surface area (Å²) in [6.45, 7) is 5.63. The standard InChI is InChI=1S/C37H36N2O6/c1-37(2,3)45-23-33(39-36(43)44-22-31-29-17-9-7-15-27(29)28-16-8-10-18-30(28)31)34(40)38-32-19-11-5-13-25(32)21-20-24-12-4-6-14-26(24)35(41)42/h4-21,31,33H,22-23H2,1-3H3,(H,38,40)(H,39,43)(H,41,42)/b21-20-/t33-/m0/s1. The quantitative estimate of drug-likeness (QED) is 0.165. The Bertz CT molecular complexity index is 1690. The van der Waals surface area contributed by atoms with Crippen LogP contribution in [-0.4, -0.2) is 47.9 Å². The van der Waals surface area contributed by atoms with Gasteiger partial charge in [0.25, 0.3) is 0 Å². The molecule has 1 aliphatic rings. The van der Waals surface area contributed by atoms with E-state index in [1.165, 1.54) is 6.07 Å². The number of hydrogen-bond acceptors (Lipinski definition) is 5. The van der Waals surface area contributed by atoms with Crippen molar-refractivity contribution in [2.75, 3.05) is 18.5 Å². The van der Waals surface area contributed by atoms with Crippen molar-refractivity contribution in [2.45, 2.75) is 38.3 Å². The number of rotatable bonds is 10.